The normalized spacial score (nSPS) is 35.6. The zero-order valence-electron chi connectivity index (χ0n) is 10.8. The van der Waals surface area contributed by atoms with Gasteiger partial charge in [0.2, 0.25) is 17.7 Å². The van der Waals surface area contributed by atoms with Crippen molar-refractivity contribution in [1.29, 1.82) is 0 Å². The van der Waals surface area contributed by atoms with E-state index in [0.717, 1.165) is 12.0 Å². The Labute approximate surface area is 110 Å². The second-order valence-electron chi connectivity index (χ2n) is 5.71. The number of imide groups is 1. The van der Waals surface area contributed by atoms with Crippen LogP contribution in [0.15, 0.2) is 16.7 Å². The highest BCUT2D eigenvalue weighted by atomic mass is 16.5. The summed E-state index contributed by atoms with van der Waals surface area (Å²) in [6.07, 6.45) is 5.10. The lowest BCUT2D eigenvalue weighted by Crippen LogP contribution is -2.33. The van der Waals surface area contributed by atoms with E-state index >= 15 is 0 Å². The Kier molecular flexibility index (Phi) is 1.93. The summed E-state index contributed by atoms with van der Waals surface area (Å²) in [5.74, 6) is 0.139. The van der Waals surface area contributed by atoms with E-state index in [9.17, 15) is 9.59 Å². The molecule has 0 aromatic carbocycles. The van der Waals surface area contributed by atoms with Gasteiger partial charge in [-0.3, -0.25) is 9.59 Å². The molecule has 4 atom stereocenters. The van der Waals surface area contributed by atoms with Crippen molar-refractivity contribution in [3.8, 4) is 0 Å². The van der Waals surface area contributed by atoms with Gasteiger partial charge in [-0.15, -0.1) is 0 Å². The van der Waals surface area contributed by atoms with Crippen LogP contribution in [0.1, 0.15) is 17.7 Å². The molecule has 3 aliphatic rings. The lowest BCUT2D eigenvalue weighted by molar-refractivity contribution is -0.123. The van der Waals surface area contributed by atoms with Gasteiger partial charge in [-0.25, -0.2) is 4.90 Å². The highest BCUT2D eigenvalue weighted by Crippen LogP contribution is 2.53. The van der Waals surface area contributed by atoms with E-state index in [1.165, 1.54) is 4.90 Å². The molecule has 1 aromatic heterocycles. The van der Waals surface area contributed by atoms with Crippen LogP contribution in [0.4, 0.5) is 5.88 Å². The summed E-state index contributed by atoms with van der Waals surface area (Å²) in [7, 11) is 0. The Hall–Kier alpha value is -1.91. The molecule has 4 rings (SSSR count). The molecule has 0 spiro atoms. The third-order valence-corrected chi connectivity index (χ3v) is 4.81. The van der Waals surface area contributed by atoms with Crippen molar-refractivity contribution < 1.29 is 14.1 Å². The van der Waals surface area contributed by atoms with Crippen LogP contribution in [0, 0.1) is 37.5 Å². The van der Waals surface area contributed by atoms with Crippen molar-refractivity contribution in [2.75, 3.05) is 4.90 Å². The molecule has 2 bridgehead atoms. The molecular formula is C14H14N2O3. The van der Waals surface area contributed by atoms with Crippen molar-refractivity contribution in [3.63, 3.8) is 0 Å². The van der Waals surface area contributed by atoms with Crippen molar-refractivity contribution >= 4 is 17.7 Å². The molecule has 0 radical (unpaired) electrons. The van der Waals surface area contributed by atoms with Gasteiger partial charge in [0.25, 0.3) is 0 Å². The van der Waals surface area contributed by atoms with Crippen LogP contribution in [-0.2, 0) is 9.59 Å². The SMILES string of the molecule is Cc1noc(N2C(=O)[C@@H]3[C@@H](C2=O)[C@H]2C=C[C@@H]3C2)c1C. The monoisotopic (exact) mass is 258 g/mol. The molecule has 0 N–H and O–H groups in total. The van der Waals surface area contributed by atoms with Crippen molar-refractivity contribution in [2.24, 2.45) is 23.7 Å². The third-order valence-electron chi connectivity index (χ3n) is 4.81. The lowest BCUT2D eigenvalue weighted by Gasteiger charge is -2.14. The number of hydrogen-bond donors (Lipinski definition) is 0. The van der Waals surface area contributed by atoms with Crippen molar-refractivity contribution in [2.45, 2.75) is 20.3 Å². The molecular weight excluding hydrogens is 244 g/mol. The number of carbonyl (C=O) groups excluding carboxylic acids is 2. The minimum atomic E-state index is -0.188. The highest BCUT2D eigenvalue weighted by molar-refractivity contribution is 6.22. The number of aryl methyl sites for hydroxylation is 1. The zero-order valence-corrected chi connectivity index (χ0v) is 10.8. The second kappa shape index (κ2) is 3.35. The first kappa shape index (κ1) is 11.0. The molecule has 5 heteroatoms. The van der Waals surface area contributed by atoms with Crippen molar-refractivity contribution in [1.82, 2.24) is 5.16 Å². The summed E-state index contributed by atoms with van der Waals surface area (Å²) in [6, 6.07) is 0. The maximum atomic E-state index is 12.5. The molecule has 1 aliphatic heterocycles. The summed E-state index contributed by atoms with van der Waals surface area (Å²) in [5.41, 5.74) is 1.48. The first-order valence-electron chi connectivity index (χ1n) is 6.58. The quantitative estimate of drug-likeness (QED) is 0.567. The summed E-state index contributed by atoms with van der Waals surface area (Å²) in [6.45, 7) is 3.63. The molecule has 1 saturated heterocycles. The van der Waals surface area contributed by atoms with E-state index in [4.69, 9.17) is 4.52 Å². The molecule has 1 aromatic rings. The number of fused-ring (bicyclic) bond motifs is 5. The van der Waals surface area contributed by atoms with Crippen LogP contribution in [0.25, 0.3) is 0 Å². The maximum Gasteiger partial charge on any atom is 0.243 e. The van der Waals surface area contributed by atoms with Gasteiger partial charge in [0.1, 0.15) is 0 Å². The van der Waals surface area contributed by atoms with Crippen LogP contribution in [0.5, 0.6) is 0 Å². The Bertz CT molecular complexity index is 601. The molecule has 98 valence electrons. The van der Waals surface area contributed by atoms with Gasteiger partial charge in [-0.05, 0) is 32.1 Å². The summed E-state index contributed by atoms with van der Waals surface area (Å²) < 4.78 is 5.19. The molecule has 2 fully saturated rings. The highest BCUT2D eigenvalue weighted by Gasteiger charge is 2.60. The largest absolute Gasteiger partial charge is 0.337 e. The average molecular weight is 258 g/mol. The van der Waals surface area contributed by atoms with E-state index in [1.807, 2.05) is 6.92 Å². The van der Waals surface area contributed by atoms with E-state index in [-0.39, 0.29) is 35.5 Å². The van der Waals surface area contributed by atoms with E-state index in [0.29, 0.717) is 11.6 Å². The molecule has 5 nitrogen and oxygen atoms in total. The van der Waals surface area contributed by atoms with Crippen LogP contribution < -0.4 is 4.90 Å². The van der Waals surface area contributed by atoms with Crippen LogP contribution in [-0.4, -0.2) is 17.0 Å². The van der Waals surface area contributed by atoms with E-state index in [2.05, 4.69) is 17.3 Å². The van der Waals surface area contributed by atoms with Gasteiger partial charge < -0.3 is 4.52 Å². The first-order valence-corrected chi connectivity index (χ1v) is 6.58. The smallest absolute Gasteiger partial charge is 0.243 e. The van der Waals surface area contributed by atoms with Crippen LogP contribution in [0.2, 0.25) is 0 Å². The predicted molar refractivity (Wildman–Crippen MR) is 66.2 cm³/mol. The number of amides is 2. The van der Waals surface area contributed by atoms with Gasteiger partial charge in [-0.1, -0.05) is 17.3 Å². The van der Waals surface area contributed by atoms with Crippen molar-refractivity contribution in [3.05, 3.63) is 23.4 Å². The van der Waals surface area contributed by atoms with E-state index < -0.39 is 0 Å². The van der Waals surface area contributed by atoms with Gasteiger partial charge >= 0.3 is 0 Å². The summed E-state index contributed by atoms with van der Waals surface area (Å²) >= 11 is 0. The van der Waals surface area contributed by atoms with E-state index in [1.54, 1.807) is 6.92 Å². The number of rotatable bonds is 1. The van der Waals surface area contributed by atoms with Gasteiger partial charge in [-0.2, -0.15) is 0 Å². The topological polar surface area (TPSA) is 63.4 Å². The summed E-state index contributed by atoms with van der Waals surface area (Å²) in [4.78, 5) is 26.3. The number of nitrogens with zero attached hydrogens (tertiary/aromatic N) is 2. The zero-order chi connectivity index (χ0) is 13.3. The minimum Gasteiger partial charge on any atom is -0.337 e. The number of hydrogen-bond acceptors (Lipinski definition) is 4. The fraction of sp³-hybridized carbons (Fsp3) is 0.500. The molecule has 0 unspecified atom stereocenters. The fourth-order valence-corrected chi connectivity index (χ4v) is 3.71. The molecule has 19 heavy (non-hydrogen) atoms. The molecule has 2 amide bonds. The Balaban J connectivity index is 1.79. The number of anilines is 1. The Morgan fingerprint density at radius 3 is 2.21 bits per heavy atom. The first-order chi connectivity index (χ1) is 9.09. The standard InChI is InChI=1S/C14H14N2O3/c1-6-7(2)15-19-14(6)16-12(17)10-8-3-4-9(5-8)11(10)13(16)18/h3-4,8-11H,5H2,1-2H3/t8-,9+,10-,11-/m0/s1. The number of carbonyl (C=O) groups is 2. The fourth-order valence-electron chi connectivity index (χ4n) is 3.71. The number of aromatic nitrogens is 1. The Morgan fingerprint density at radius 1 is 1.16 bits per heavy atom. The second-order valence-corrected chi connectivity index (χ2v) is 5.71. The van der Waals surface area contributed by atoms with Crippen LogP contribution in [0.3, 0.4) is 0 Å². The van der Waals surface area contributed by atoms with Gasteiger partial charge in [0.05, 0.1) is 17.5 Å². The lowest BCUT2D eigenvalue weighted by atomic mass is 9.85. The van der Waals surface area contributed by atoms with Gasteiger partial charge in [0.15, 0.2) is 0 Å². The summed E-state index contributed by atoms with van der Waals surface area (Å²) in [5, 5.41) is 3.84. The molecule has 2 aliphatic carbocycles. The third kappa shape index (κ3) is 1.18. The minimum absolute atomic E-state index is 0.119. The van der Waals surface area contributed by atoms with Gasteiger partial charge in [0, 0.05) is 5.56 Å². The maximum absolute atomic E-state index is 12.5. The molecule has 1 saturated carbocycles. The van der Waals surface area contributed by atoms with Crippen LogP contribution >= 0.6 is 0 Å². The number of allylic oxidation sites excluding steroid dienone is 2. The molecule has 2 heterocycles. The Morgan fingerprint density at radius 2 is 1.74 bits per heavy atom. The predicted octanol–water partition coefficient (Wildman–Crippen LogP) is 1.60. The average Bonchev–Trinajstić information content (AvgIpc) is 3.10.